The number of carboxylic acids is 4. The molecule has 0 atom stereocenters. The van der Waals surface area contributed by atoms with Gasteiger partial charge in [0.05, 0.1) is 22.2 Å². The molecule has 0 amide bonds. The lowest BCUT2D eigenvalue weighted by Crippen LogP contribution is -2.26. The van der Waals surface area contributed by atoms with Gasteiger partial charge in [-0.15, -0.1) is 0 Å². The van der Waals surface area contributed by atoms with Gasteiger partial charge in [-0.25, -0.2) is 44.1 Å². The molecule has 6 heterocycles. The second-order valence-electron chi connectivity index (χ2n) is 14.1. The molecule has 0 unspecified atom stereocenters. The van der Waals surface area contributed by atoms with Crippen LogP contribution in [0.25, 0.3) is 43.5 Å². The first-order valence-corrected chi connectivity index (χ1v) is 21.0. The van der Waals surface area contributed by atoms with E-state index in [2.05, 4.69) is 64.2 Å². The second kappa shape index (κ2) is 26.5. The van der Waals surface area contributed by atoms with Gasteiger partial charge in [-0.2, -0.15) is 4.99 Å². The third kappa shape index (κ3) is 16.0. The SMILES string of the molecule is NC(N)=NC(N)=Nc1ccccc1.O=C(O)c1ccc2ccccc2n1.O=C(O)c1ccccn1.O=C(O)c1nccc2ccccc12.O=C(O)c1ncccc1O.c1cnc2c(c1)ccc1cccnc12. The van der Waals surface area contributed by atoms with E-state index in [0.717, 1.165) is 32.6 Å². The van der Waals surface area contributed by atoms with Gasteiger partial charge in [0.1, 0.15) is 17.1 Å². The number of aromatic nitrogens is 6. The van der Waals surface area contributed by atoms with Crippen molar-refractivity contribution in [2.75, 3.05) is 0 Å². The predicted molar refractivity (Wildman–Crippen MR) is 272 cm³/mol. The summed E-state index contributed by atoms with van der Waals surface area (Å²) in [4.78, 5) is 72.7. The van der Waals surface area contributed by atoms with Gasteiger partial charge in [-0.1, -0.05) is 97.1 Å². The van der Waals surface area contributed by atoms with E-state index in [1.165, 1.54) is 42.9 Å². The zero-order valence-corrected chi connectivity index (χ0v) is 37.7. The Kier molecular flexibility index (Phi) is 19.3. The van der Waals surface area contributed by atoms with Crippen molar-refractivity contribution in [3.8, 4) is 5.75 Å². The van der Waals surface area contributed by atoms with Gasteiger partial charge in [0.15, 0.2) is 17.3 Å². The minimum Gasteiger partial charge on any atom is -0.505 e. The molecule has 0 aliphatic rings. The Bertz CT molecular complexity index is 3440. The molecule has 20 heteroatoms. The number of benzene rings is 4. The Morgan fingerprint density at radius 1 is 0.417 bits per heavy atom. The topological polar surface area (TPSA) is 350 Å². The van der Waals surface area contributed by atoms with Gasteiger partial charge in [-0.05, 0) is 72.1 Å². The van der Waals surface area contributed by atoms with Crippen molar-refractivity contribution < 1.29 is 44.7 Å². The molecule has 0 aliphatic heterocycles. The number of carbonyl (C=O) groups is 4. The third-order valence-corrected chi connectivity index (χ3v) is 9.15. The summed E-state index contributed by atoms with van der Waals surface area (Å²) in [6.07, 6.45) is 7.87. The van der Waals surface area contributed by atoms with Crippen LogP contribution in [-0.4, -0.2) is 91.2 Å². The monoisotopic (exact) mass is 965 g/mol. The minimum absolute atomic E-state index is 0.0474. The predicted octanol–water partition coefficient (Wildman–Crippen LogP) is 7.82. The highest BCUT2D eigenvalue weighted by atomic mass is 16.4. The largest absolute Gasteiger partial charge is 0.505 e. The van der Waals surface area contributed by atoms with Crippen molar-refractivity contribution in [1.29, 1.82) is 0 Å². The van der Waals surface area contributed by atoms with E-state index in [1.54, 1.807) is 67.0 Å². The van der Waals surface area contributed by atoms with Gasteiger partial charge in [0, 0.05) is 52.5 Å². The molecule has 0 fully saturated rings. The molecule has 0 aliphatic carbocycles. The number of hydrogen-bond acceptors (Lipinski definition) is 12. The smallest absolute Gasteiger partial charge is 0.358 e. The van der Waals surface area contributed by atoms with Gasteiger partial charge < -0.3 is 42.7 Å². The molecule has 0 bridgehead atoms. The maximum atomic E-state index is 10.8. The van der Waals surface area contributed by atoms with E-state index in [0.29, 0.717) is 16.6 Å². The molecule has 0 saturated carbocycles. The molecule has 6 aromatic heterocycles. The van der Waals surface area contributed by atoms with Crippen LogP contribution in [0.1, 0.15) is 42.0 Å². The Balaban J connectivity index is 0.000000161. The normalized spacial score (nSPS) is 10.1. The van der Waals surface area contributed by atoms with E-state index in [1.807, 2.05) is 60.7 Å². The number of para-hydroxylation sites is 2. The van der Waals surface area contributed by atoms with Gasteiger partial charge in [0.25, 0.3) is 0 Å². The molecule has 360 valence electrons. The van der Waals surface area contributed by atoms with E-state index in [9.17, 15) is 19.2 Å². The molecule has 10 aromatic rings. The van der Waals surface area contributed by atoms with Crippen LogP contribution in [0.3, 0.4) is 0 Å². The van der Waals surface area contributed by atoms with E-state index < -0.39 is 23.9 Å². The van der Waals surface area contributed by atoms with Crippen molar-refractivity contribution in [1.82, 2.24) is 29.9 Å². The van der Waals surface area contributed by atoms with E-state index in [-0.39, 0.29) is 40.4 Å². The Morgan fingerprint density at radius 2 is 0.931 bits per heavy atom. The summed E-state index contributed by atoms with van der Waals surface area (Å²) in [6, 6.07) is 48.6. The first-order chi connectivity index (χ1) is 34.7. The van der Waals surface area contributed by atoms with Gasteiger partial charge in [0.2, 0.25) is 5.96 Å². The summed E-state index contributed by atoms with van der Waals surface area (Å²) in [5.74, 6) is -4.56. The fourth-order valence-corrected chi connectivity index (χ4v) is 6.00. The highest BCUT2D eigenvalue weighted by Crippen LogP contribution is 2.21. The lowest BCUT2D eigenvalue weighted by molar-refractivity contribution is 0.0677. The van der Waals surface area contributed by atoms with Gasteiger partial charge >= 0.3 is 23.9 Å². The number of aliphatic imine (C=N–C) groups is 2. The van der Waals surface area contributed by atoms with Crippen molar-refractivity contribution in [3.05, 3.63) is 218 Å². The molecule has 0 radical (unpaired) electrons. The molecule has 11 N–H and O–H groups in total. The lowest BCUT2D eigenvalue weighted by Gasteiger charge is -2.00. The van der Waals surface area contributed by atoms with Crippen LogP contribution in [0, 0.1) is 0 Å². The standard InChI is InChI=1S/C12H8N2.2C10H7NO2.C8H11N5.C6H5NO3.C6H5NO2/c1-3-9-5-6-10-4-2-8-14-12(10)11(9)13-7-1;12-10(13)9-8-4-2-1-3-7(8)5-6-11-9;12-10(13)9-6-5-7-3-1-2-4-8(7)11-9;9-7(10)13-8(11)12-6-4-2-1-3-5-6;8-4-2-1-3-7-5(4)6(9)10;8-6(9)5-3-1-2-4-7-5/h1-8H;2*1-6H,(H,12,13);1-5H,(H6,9,10,11,12,13);1-3,8H,(H,9,10);1-4H,(H,8,9). The van der Waals surface area contributed by atoms with Crippen molar-refractivity contribution in [2.24, 2.45) is 27.2 Å². The maximum Gasteiger partial charge on any atom is 0.358 e. The average Bonchev–Trinajstić information content (AvgIpc) is 3.39. The van der Waals surface area contributed by atoms with Crippen molar-refractivity contribution in [2.45, 2.75) is 0 Å². The molecular formula is C52H43N11O9. The van der Waals surface area contributed by atoms with Crippen LogP contribution >= 0.6 is 0 Å². The highest BCUT2D eigenvalue weighted by Gasteiger charge is 2.09. The number of aromatic hydroxyl groups is 1. The number of nitrogens with zero attached hydrogens (tertiary/aromatic N) is 8. The number of hydrogen-bond donors (Lipinski definition) is 8. The average molecular weight is 966 g/mol. The van der Waals surface area contributed by atoms with Crippen LogP contribution in [0.5, 0.6) is 5.75 Å². The Hall–Kier alpha value is -10.8. The first-order valence-electron chi connectivity index (χ1n) is 21.0. The molecule has 20 nitrogen and oxygen atoms in total. The maximum absolute atomic E-state index is 10.8. The van der Waals surface area contributed by atoms with Crippen LogP contribution in [-0.2, 0) is 0 Å². The highest BCUT2D eigenvalue weighted by molar-refractivity contribution is 6.03. The number of nitrogens with two attached hydrogens (primary N) is 3. The zero-order valence-electron chi connectivity index (χ0n) is 37.7. The lowest BCUT2D eigenvalue weighted by atomic mass is 10.1. The summed E-state index contributed by atoms with van der Waals surface area (Å²) >= 11 is 0. The summed E-state index contributed by atoms with van der Waals surface area (Å²) in [5, 5.41) is 47.8. The number of fused-ring (bicyclic) bond motifs is 5. The van der Waals surface area contributed by atoms with E-state index >= 15 is 0 Å². The summed E-state index contributed by atoms with van der Waals surface area (Å²) in [7, 11) is 0. The number of guanidine groups is 2. The molecule has 10 rings (SSSR count). The second-order valence-corrected chi connectivity index (χ2v) is 14.1. The molecule has 4 aromatic carbocycles. The number of carboxylic acid groups (broad SMARTS) is 4. The third-order valence-electron chi connectivity index (χ3n) is 9.15. The fourth-order valence-electron chi connectivity index (χ4n) is 6.00. The fraction of sp³-hybridized carbons (Fsp3) is 0. The van der Waals surface area contributed by atoms with Crippen LogP contribution in [0.15, 0.2) is 205 Å². The van der Waals surface area contributed by atoms with Crippen molar-refractivity contribution >= 4 is 85.0 Å². The quantitative estimate of drug-likeness (QED) is 0.0462. The Labute approximate surface area is 408 Å². The van der Waals surface area contributed by atoms with Crippen molar-refractivity contribution in [3.63, 3.8) is 0 Å². The zero-order chi connectivity index (χ0) is 51.8. The summed E-state index contributed by atoms with van der Waals surface area (Å²) in [5.41, 5.74) is 19.0. The first kappa shape index (κ1) is 52.2. The van der Waals surface area contributed by atoms with Gasteiger partial charge in [-0.3, -0.25) is 9.97 Å². The minimum atomic E-state index is -1.22. The summed E-state index contributed by atoms with van der Waals surface area (Å²) in [6.45, 7) is 0. The molecule has 0 saturated heterocycles. The number of aromatic carboxylic acids is 4. The number of rotatable bonds is 5. The Morgan fingerprint density at radius 3 is 1.49 bits per heavy atom. The summed E-state index contributed by atoms with van der Waals surface area (Å²) < 4.78 is 0. The molecule has 72 heavy (non-hydrogen) atoms. The van der Waals surface area contributed by atoms with Crippen LogP contribution in [0.4, 0.5) is 5.69 Å². The van der Waals surface area contributed by atoms with Crippen LogP contribution < -0.4 is 17.2 Å². The number of pyridine rings is 6. The van der Waals surface area contributed by atoms with E-state index in [4.69, 9.17) is 42.7 Å². The van der Waals surface area contributed by atoms with Crippen LogP contribution in [0.2, 0.25) is 0 Å². The molecule has 0 spiro atoms. The molecular weight excluding hydrogens is 923 g/mol.